The Bertz CT molecular complexity index is 1020. The van der Waals surface area contributed by atoms with Gasteiger partial charge in [-0.3, -0.25) is 14.3 Å². The van der Waals surface area contributed by atoms with Gasteiger partial charge in [-0.2, -0.15) is 5.10 Å². The second kappa shape index (κ2) is 7.72. The zero-order valence-corrected chi connectivity index (χ0v) is 16.8. The number of carbonyl (C=O) groups excluding carboxylic acids is 2. The third kappa shape index (κ3) is 3.98. The third-order valence-corrected chi connectivity index (χ3v) is 4.62. The Hall–Kier alpha value is -3.35. The van der Waals surface area contributed by atoms with E-state index in [-0.39, 0.29) is 18.4 Å². The highest BCUT2D eigenvalue weighted by Crippen LogP contribution is 2.23. The number of hydrogen-bond acceptors (Lipinski definition) is 3. The molecule has 0 aliphatic heterocycles. The van der Waals surface area contributed by atoms with E-state index in [1.54, 1.807) is 13.2 Å². The van der Waals surface area contributed by atoms with Gasteiger partial charge in [-0.15, -0.1) is 0 Å². The maximum Gasteiger partial charge on any atom is 0.257 e. The van der Waals surface area contributed by atoms with Gasteiger partial charge >= 0.3 is 0 Å². The molecule has 0 saturated carbocycles. The predicted molar refractivity (Wildman–Crippen MR) is 109 cm³/mol. The molecule has 2 N–H and O–H groups in total. The summed E-state index contributed by atoms with van der Waals surface area (Å²) in [4.78, 5) is 24.3. The topological polar surface area (TPSA) is 81.0 Å². The smallest absolute Gasteiger partial charge is 0.257 e. The van der Waals surface area contributed by atoms with Crippen molar-refractivity contribution in [3.63, 3.8) is 0 Å². The second-order valence-corrected chi connectivity index (χ2v) is 7.02. The van der Waals surface area contributed by atoms with E-state index in [2.05, 4.69) is 52.3 Å². The molecule has 2 amide bonds. The number of nitrogens with one attached hydrogen (secondary N) is 2. The average Bonchev–Trinajstić information content (AvgIpc) is 3.17. The zero-order valence-electron chi connectivity index (χ0n) is 16.8. The Morgan fingerprint density at radius 2 is 1.71 bits per heavy atom. The molecule has 0 aliphatic carbocycles. The second-order valence-electron chi connectivity index (χ2n) is 7.02. The molecular formula is C21H25N5O2. The minimum absolute atomic E-state index is 0.105. The van der Waals surface area contributed by atoms with Crippen molar-refractivity contribution in [3.05, 3.63) is 64.7 Å². The monoisotopic (exact) mass is 379 g/mol. The van der Waals surface area contributed by atoms with E-state index in [0.29, 0.717) is 11.3 Å². The number of nitrogens with zero attached hydrogens (tertiary/aromatic N) is 3. The summed E-state index contributed by atoms with van der Waals surface area (Å²) in [5.74, 6) is -0.360. The summed E-state index contributed by atoms with van der Waals surface area (Å²) >= 11 is 0. The van der Waals surface area contributed by atoms with Gasteiger partial charge in [-0.25, -0.2) is 0 Å². The lowest BCUT2D eigenvalue weighted by atomic mass is 10.1. The van der Waals surface area contributed by atoms with Gasteiger partial charge in [0.25, 0.3) is 5.91 Å². The molecule has 0 bridgehead atoms. The summed E-state index contributed by atoms with van der Waals surface area (Å²) in [5, 5.41) is 9.50. The molecule has 3 rings (SSSR count). The third-order valence-electron chi connectivity index (χ3n) is 4.62. The van der Waals surface area contributed by atoms with Gasteiger partial charge in [0, 0.05) is 30.3 Å². The van der Waals surface area contributed by atoms with E-state index >= 15 is 0 Å². The highest BCUT2D eigenvalue weighted by Gasteiger charge is 2.18. The van der Waals surface area contributed by atoms with Crippen LogP contribution in [0.1, 0.15) is 32.9 Å². The number of amides is 2. The van der Waals surface area contributed by atoms with Crippen LogP contribution < -0.4 is 10.6 Å². The molecule has 2 aromatic heterocycles. The fourth-order valence-corrected chi connectivity index (χ4v) is 3.41. The molecule has 0 aliphatic rings. The van der Waals surface area contributed by atoms with Crippen molar-refractivity contribution >= 4 is 17.5 Å². The van der Waals surface area contributed by atoms with Crippen molar-refractivity contribution in [2.45, 2.75) is 34.2 Å². The highest BCUT2D eigenvalue weighted by atomic mass is 16.2. The van der Waals surface area contributed by atoms with Crippen LogP contribution in [0.25, 0.3) is 5.69 Å². The lowest BCUT2D eigenvalue weighted by Gasteiger charge is -2.12. The van der Waals surface area contributed by atoms with Gasteiger partial charge in [0.1, 0.15) is 6.54 Å². The first-order valence-electron chi connectivity index (χ1n) is 9.10. The number of aryl methyl sites for hydroxylation is 3. The number of anilines is 1. The molecule has 2 heterocycles. The molecule has 3 aromatic rings. The molecule has 146 valence electrons. The number of aromatic nitrogens is 3. The summed E-state index contributed by atoms with van der Waals surface area (Å²) in [6, 6.07) is 8.23. The summed E-state index contributed by atoms with van der Waals surface area (Å²) in [7, 11) is 1.57. The van der Waals surface area contributed by atoms with Crippen molar-refractivity contribution in [1.82, 2.24) is 19.7 Å². The van der Waals surface area contributed by atoms with Crippen LogP contribution in [0.2, 0.25) is 0 Å². The summed E-state index contributed by atoms with van der Waals surface area (Å²) in [6.45, 7) is 8.16. The molecule has 0 saturated heterocycles. The summed E-state index contributed by atoms with van der Waals surface area (Å²) in [6.07, 6.45) is 3.17. The van der Waals surface area contributed by atoms with Crippen LogP contribution in [0.3, 0.4) is 0 Å². The van der Waals surface area contributed by atoms with Crippen molar-refractivity contribution in [2.24, 2.45) is 0 Å². The van der Waals surface area contributed by atoms with Crippen LogP contribution in [0.15, 0.2) is 36.7 Å². The molecule has 7 nitrogen and oxygen atoms in total. The minimum Gasteiger partial charge on any atom is -0.358 e. The molecular weight excluding hydrogens is 354 g/mol. The summed E-state index contributed by atoms with van der Waals surface area (Å²) in [5.41, 5.74) is 6.42. The maximum atomic E-state index is 12.8. The van der Waals surface area contributed by atoms with E-state index in [0.717, 1.165) is 17.1 Å². The molecule has 0 fully saturated rings. The Morgan fingerprint density at radius 1 is 1.04 bits per heavy atom. The van der Waals surface area contributed by atoms with Gasteiger partial charge in [0.15, 0.2) is 0 Å². The van der Waals surface area contributed by atoms with E-state index in [9.17, 15) is 9.59 Å². The Morgan fingerprint density at radius 3 is 2.36 bits per heavy atom. The minimum atomic E-state index is -0.205. The molecule has 7 heteroatoms. The maximum absolute atomic E-state index is 12.8. The number of likely N-dealkylation sites (N-methyl/N-ethyl adjacent to an activating group) is 1. The fraction of sp³-hybridized carbons (Fsp3) is 0.286. The molecule has 28 heavy (non-hydrogen) atoms. The Labute approximate surface area is 164 Å². The van der Waals surface area contributed by atoms with Crippen LogP contribution in [0.4, 0.5) is 5.69 Å². The largest absolute Gasteiger partial charge is 0.358 e. The number of benzene rings is 1. The predicted octanol–water partition coefficient (Wildman–Crippen LogP) is 2.91. The number of rotatable bonds is 5. The lowest BCUT2D eigenvalue weighted by Crippen LogP contribution is -2.23. The van der Waals surface area contributed by atoms with Gasteiger partial charge in [0.2, 0.25) is 5.91 Å². The van der Waals surface area contributed by atoms with E-state index < -0.39 is 0 Å². The summed E-state index contributed by atoms with van der Waals surface area (Å²) < 4.78 is 3.57. The first kappa shape index (κ1) is 19.4. The first-order chi connectivity index (χ1) is 13.3. The lowest BCUT2D eigenvalue weighted by molar-refractivity contribution is -0.121. The number of hydrogen-bond donors (Lipinski definition) is 2. The van der Waals surface area contributed by atoms with Crippen molar-refractivity contribution in [3.8, 4) is 5.69 Å². The van der Waals surface area contributed by atoms with Crippen LogP contribution in [-0.4, -0.2) is 33.2 Å². The highest BCUT2D eigenvalue weighted by molar-refractivity contribution is 6.05. The normalized spacial score (nSPS) is 10.8. The Balaban J connectivity index is 1.84. The molecule has 1 aromatic carbocycles. The quantitative estimate of drug-likeness (QED) is 0.715. The Kier molecular flexibility index (Phi) is 5.35. The van der Waals surface area contributed by atoms with Crippen molar-refractivity contribution in [2.75, 3.05) is 12.4 Å². The standard InChI is InChI=1S/C21H25N5O2/c1-13-6-14(2)8-18(7-13)26-15(3)9-19(16(26)4)21(28)24-17-10-23-25(11-17)12-20(27)22-5/h6-11H,12H2,1-5H3,(H,22,27)(H,24,28). The van der Waals surface area contributed by atoms with Gasteiger partial charge in [-0.05, 0) is 57.0 Å². The number of carbonyl (C=O) groups is 2. The fourth-order valence-electron chi connectivity index (χ4n) is 3.41. The molecule has 0 spiro atoms. The van der Waals surface area contributed by atoms with Crippen molar-refractivity contribution in [1.29, 1.82) is 0 Å². The molecule has 0 radical (unpaired) electrons. The van der Waals surface area contributed by atoms with Gasteiger partial charge in [0.05, 0.1) is 17.4 Å². The van der Waals surface area contributed by atoms with E-state index in [1.807, 2.05) is 19.9 Å². The van der Waals surface area contributed by atoms with Crippen LogP contribution >= 0.6 is 0 Å². The van der Waals surface area contributed by atoms with E-state index in [1.165, 1.54) is 22.0 Å². The van der Waals surface area contributed by atoms with Crippen molar-refractivity contribution < 1.29 is 9.59 Å². The SMILES string of the molecule is CNC(=O)Cn1cc(NC(=O)c2cc(C)n(-c3cc(C)cc(C)c3)c2C)cn1. The van der Waals surface area contributed by atoms with Crippen LogP contribution in [0.5, 0.6) is 0 Å². The average molecular weight is 379 g/mol. The molecule has 0 atom stereocenters. The molecule has 0 unspecified atom stereocenters. The van der Waals surface area contributed by atoms with Crippen LogP contribution in [-0.2, 0) is 11.3 Å². The zero-order chi connectivity index (χ0) is 20.4. The van der Waals surface area contributed by atoms with Gasteiger partial charge in [-0.1, -0.05) is 6.07 Å². The first-order valence-corrected chi connectivity index (χ1v) is 9.10. The van der Waals surface area contributed by atoms with E-state index in [4.69, 9.17) is 0 Å². The van der Waals surface area contributed by atoms with Gasteiger partial charge < -0.3 is 15.2 Å². The van der Waals surface area contributed by atoms with Crippen LogP contribution in [0, 0.1) is 27.7 Å².